The lowest BCUT2D eigenvalue weighted by atomic mass is 9.98. The molecule has 3 N–H and O–H groups in total. The molecule has 1 aliphatic carbocycles. The van der Waals surface area contributed by atoms with Crippen LogP contribution in [0.3, 0.4) is 0 Å². The second-order valence-corrected chi connectivity index (χ2v) is 8.08. The number of nitrogens with two attached hydrogens (primary N) is 1. The summed E-state index contributed by atoms with van der Waals surface area (Å²) in [6, 6.07) is 6.87. The zero-order chi connectivity index (χ0) is 16.2. The molecule has 0 heterocycles. The van der Waals surface area contributed by atoms with Crippen LogP contribution in [0.4, 0.5) is 5.69 Å². The monoisotopic (exact) mass is 362 g/mol. The van der Waals surface area contributed by atoms with Crippen LogP contribution in [0, 0.1) is 0 Å². The second kappa shape index (κ2) is 7.99. The molecule has 1 saturated carbocycles. The van der Waals surface area contributed by atoms with Gasteiger partial charge in [-0.05, 0) is 25.0 Å². The van der Waals surface area contributed by atoms with Crippen LogP contribution in [0.5, 0.6) is 5.75 Å². The summed E-state index contributed by atoms with van der Waals surface area (Å²) in [4.78, 5) is 12.2. The number of amides is 1. The maximum absolute atomic E-state index is 12.2. The summed E-state index contributed by atoms with van der Waals surface area (Å²) < 4.78 is 27.5. The Balaban J connectivity index is 0.00000264. The predicted octanol–water partition coefficient (Wildman–Crippen LogP) is 1.74. The Hall–Kier alpha value is -1.31. The molecule has 1 aromatic carbocycles. The van der Waals surface area contributed by atoms with Gasteiger partial charge < -0.3 is 15.8 Å². The zero-order valence-electron chi connectivity index (χ0n) is 13.1. The van der Waals surface area contributed by atoms with Gasteiger partial charge in [-0.25, -0.2) is 8.42 Å². The van der Waals surface area contributed by atoms with Crippen molar-refractivity contribution in [2.45, 2.75) is 31.2 Å². The van der Waals surface area contributed by atoms with E-state index in [0.29, 0.717) is 24.3 Å². The van der Waals surface area contributed by atoms with Gasteiger partial charge in [-0.15, -0.1) is 12.4 Å². The summed E-state index contributed by atoms with van der Waals surface area (Å²) in [7, 11) is -3.05. The molecule has 0 radical (unpaired) electrons. The molecule has 0 aromatic heterocycles. The maximum atomic E-state index is 12.2. The van der Waals surface area contributed by atoms with Crippen LogP contribution >= 0.6 is 12.4 Å². The fraction of sp³-hybridized carbons (Fsp3) is 0.533. The molecule has 1 fully saturated rings. The van der Waals surface area contributed by atoms with Crippen LogP contribution in [0.25, 0.3) is 0 Å². The first-order valence-corrected chi connectivity index (χ1v) is 9.35. The fourth-order valence-corrected chi connectivity index (χ4v) is 2.85. The first kappa shape index (κ1) is 19.7. The number of hydrogen-bond donors (Lipinski definition) is 2. The van der Waals surface area contributed by atoms with Gasteiger partial charge in [0.1, 0.15) is 12.4 Å². The van der Waals surface area contributed by atoms with Crippen molar-refractivity contribution in [3.05, 3.63) is 24.3 Å². The molecule has 0 spiro atoms. The highest BCUT2D eigenvalue weighted by Crippen LogP contribution is 2.28. The summed E-state index contributed by atoms with van der Waals surface area (Å²) in [6.45, 7) is 0.0804. The summed E-state index contributed by atoms with van der Waals surface area (Å²) in [5.74, 6) is 0.285. The molecule has 0 aliphatic heterocycles. The second-order valence-electron chi connectivity index (χ2n) is 5.82. The van der Waals surface area contributed by atoms with Gasteiger partial charge in [0.15, 0.2) is 9.84 Å². The Kier molecular flexibility index (Phi) is 6.85. The molecule has 0 bridgehead atoms. The van der Waals surface area contributed by atoms with E-state index < -0.39 is 15.4 Å². The normalized spacial score (nSPS) is 16.4. The number of ether oxygens (including phenoxy) is 1. The van der Waals surface area contributed by atoms with Crippen molar-refractivity contribution in [3.8, 4) is 5.75 Å². The molecule has 0 saturated heterocycles. The number of benzene rings is 1. The van der Waals surface area contributed by atoms with Gasteiger partial charge >= 0.3 is 0 Å². The Bertz CT molecular complexity index is 643. The van der Waals surface area contributed by atoms with Crippen LogP contribution in [0.1, 0.15) is 25.7 Å². The average Bonchev–Trinajstić information content (AvgIpc) is 2.86. The minimum absolute atomic E-state index is 0. The highest BCUT2D eigenvalue weighted by Gasteiger charge is 2.36. The van der Waals surface area contributed by atoms with E-state index in [-0.39, 0.29) is 30.7 Å². The minimum atomic E-state index is -3.05. The van der Waals surface area contributed by atoms with Crippen molar-refractivity contribution < 1.29 is 17.9 Å². The fourth-order valence-electron chi connectivity index (χ4n) is 2.46. The summed E-state index contributed by atoms with van der Waals surface area (Å²) in [6.07, 6.45) is 4.50. The average molecular weight is 363 g/mol. The van der Waals surface area contributed by atoms with Gasteiger partial charge in [0.05, 0.1) is 11.3 Å². The van der Waals surface area contributed by atoms with Gasteiger partial charge in [-0.3, -0.25) is 4.79 Å². The molecule has 8 heteroatoms. The number of anilines is 1. The third-order valence-corrected chi connectivity index (χ3v) is 4.67. The molecule has 23 heavy (non-hydrogen) atoms. The lowest BCUT2D eigenvalue weighted by Crippen LogP contribution is -2.48. The van der Waals surface area contributed by atoms with E-state index in [1.807, 2.05) is 0 Å². The number of carbonyl (C=O) groups excluding carboxylic acids is 1. The third kappa shape index (κ3) is 6.01. The Morgan fingerprint density at radius 1 is 1.35 bits per heavy atom. The number of rotatable bonds is 6. The van der Waals surface area contributed by atoms with E-state index in [9.17, 15) is 13.2 Å². The molecule has 0 unspecified atom stereocenters. The first-order valence-electron chi connectivity index (χ1n) is 7.29. The molecule has 0 atom stereocenters. The Morgan fingerprint density at radius 2 is 2.00 bits per heavy atom. The smallest absolute Gasteiger partial charge is 0.244 e. The van der Waals surface area contributed by atoms with E-state index in [4.69, 9.17) is 10.5 Å². The van der Waals surface area contributed by atoms with Crippen LogP contribution in [-0.4, -0.2) is 38.5 Å². The number of nitrogens with one attached hydrogen (secondary N) is 1. The molecule has 6 nitrogen and oxygen atoms in total. The van der Waals surface area contributed by atoms with Crippen LogP contribution in [0.2, 0.25) is 0 Å². The molecule has 1 aromatic rings. The highest BCUT2D eigenvalue weighted by atomic mass is 35.5. The third-order valence-electron chi connectivity index (χ3n) is 3.76. The zero-order valence-corrected chi connectivity index (χ0v) is 14.7. The van der Waals surface area contributed by atoms with E-state index in [0.717, 1.165) is 19.1 Å². The lowest BCUT2D eigenvalue weighted by molar-refractivity contribution is -0.121. The highest BCUT2D eigenvalue weighted by molar-refractivity contribution is 7.90. The molecular formula is C15H23ClN2O4S. The van der Waals surface area contributed by atoms with Crippen molar-refractivity contribution in [1.29, 1.82) is 0 Å². The molecule has 130 valence electrons. The van der Waals surface area contributed by atoms with Gasteiger partial charge in [-0.2, -0.15) is 0 Å². The van der Waals surface area contributed by atoms with Crippen molar-refractivity contribution in [2.75, 3.05) is 23.9 Å². The van der Waals surface area contributed by atoms with Crippen LogP contribution in [-0.2, 0) is 14.6 Å². The van der Waals surface area contributed by atoms with Gasteiger partial charge in [-0.1, -0.05) is 18.9 Å². The van der Waals surface area contributed by atoms with Crippen molar-refractivity contribution in [3.63, 3.8) is 0 Å². The number of carbonyl (C=O) groups is 1. The molecule has 2 rings (SSSR count). The standard InChI is InChI=1S/C15H22N2O4S.ClH/c1-22(19,20)10-9-21-13-6-4-5-12(11-13)17-14(18)15(16)7-2-3-8-15;/h4-6,11H,2-3,7-10,16H2,1H3,(H,17,18);1H. The van der Waals surface area contributed by atoms with Crippen molar-refractivity contribution >= 4 is 33.8 Å². The predicted molar refractivity (Wildman–Crippen MR) is 92.9 cm³/mol. The number of hydrogen-bond acceptors (Lipinski definition) is 5. The maximum Gasteiger partial charge on any atom is 0.244 e. The topological polar surface area (TPSA) is 98.5 Å². The summed E-state index contributed by atoms with van der Waals surface area (Å²) in [5, 5.41) is 2.81. The Labute approximate surface area is 143 Å². The van der Waals surface area contributed by atoms with Gasteiger partial charge in [0.2, 0.25) is 5.91 Å². The molecule has 1 amide bonds. The summed E-state index contributed by atoms with van der Waals surface area (Å²) >= 11 is 0. The van der Waals surface area contributed by atoms with Crippen molar-refractivity contribution in [2.24, 2.45) is 5.73 Å². The van der Waals surface area contributed by atoms with E-state index in [2.05, 4.69) is 5.32 Å². The minimum Gasteiger partial charge on any atom is -0.492 e. The van der Waals surface area contributed by atoms with E-state index >= 15 is 0 Å². The van der Waals surface area contributed by atoms with Crippen LogP contribution < -0.4 is 15.8 Å². The van der Waals surface area contributed by atoms with E-state index in [1.165, 1.54) is 0 Å². The molecule has 1 aliphatic rings. The molecular weight excluding hydrogens is 340 g/mol. The summed E-state index contributed by atoms with van der Waals surface area (Å²) in [5.41, 5.74) is 5.92. The first-order chi connectivity index (χ1) is 10.3. The number of sulfone groups is 1. The van der Waals surface area contributed by atoms with E-state index in [1.54, 1.807) is 24.3 Å². The largest absolute Gasteiger partial charge is 0.492 e. The van der Waals surface area contributed by atoms with Gasteiger partial charge in [0.25, 0.3) is 0 Å². The van der Waals surface area contributed by atoms with Crippen LogP contribution in [0.15, 0.2) is 24.3 Å². The SMILES string of the molecule is CS(=O)(=O)CCOc1cccc(NC(=O)C2(N)CCCC2)c1.Cl. The van der Waals surface area contributed by atoms with Gasteiger partial charge in [0, 0.05) is 18.0 Å². The van der Waals surface area contributed by atoms with Crippen molar-refractivity contribution in [1.82, 2.24) is 0 Å². The number of halogens is 1. The lowest BCUT2D eigenvalue weighted by Gasteiger charge is -2.22. The quantitative estimate of drug-likeness (QED) is 0.803. The Morgan fingerprint density at radius 3 is 2.61 bits per heavy atom.